The van der Waals surface area contributed by atoms with Gasteiger partial charge in [0.05, 0.1) is 12.2 Å². The number of rotatable bonds is 6. The molecule has 0 saturated heterocycles. The fraction of sp³-hybridized carbons (Fsp3) is 0.333. The molecule has 0 aliphatic rings. The van der Waals surface area contributed by atoms with Gasteiger partial charge < -0.3 is 9.80 Å². The highest BCUT2D eigenvalue weighted by Crippen LogP contribution is 2.26. The monoisotopic (exact) mass is 395 g/mol. The van der Waals surface area contributed by atoms with E-state index >= 15 is 0 Å². The second-order valence-corrected chi connectivity index (χ2v) is 8.08. The van der Waals surface area contributed by atoms with Crippen molar-refractivity contribution in [1.29, 1.82) is 0 Å². The Morgan fingerprint density at radius 2 is 1.79 bits per heavy atom. The number of carbonyl (C=O) groups is 1. The van der Waals surface area contributed by atoms with Gasteiger partial charge in [-0.05, 0) is 17.5 Å². The average molecular weight is 396 g/mol. The van der Waals surface area contributed by atoms with Crippen molar-refractivity contribution in [2.75, 3.05) is 26.0 Å². The zero-order valence-electron chi connectivity index (χ0n) is 16.9. The molecule has 0 fully saturated rings. The first-order chi connectivity index (χ1) is 13.3. The molecule has 1 aromatic carbocycles. The zero-order valence-corrected chi connectivity index (χ0v) is 17.7. The molecular formula is C21H25N5OS. The van der Waals surface area contributed by atoms with E-state index in [4.69, 9.17) is 0 Å². The molecule has 3 rings (SSSR count). The molecular weight excluding hydrogens is 370 g/mol. The predicted molar refractivity (Wildman–Crippen MR) is 114 cm³/mol. The molecule has 0 aliphatic heterocycles. The van der Waals surface area contributed by atoms with Crippen molar-refractivity contribution in [2.24, 2.45) is 0 Å². The molecule has 0 bridgehead atoms. The van der Waals surface area contributed by atoms with Gasteiger partial charge in [0.15, 0.2) is 0 Å². The van der Waals surface area contributed by atoms with Gasteiger partial charge in [-0.2, -0.15) is 0 Å². The Balaban J connectivity index is 1.72. The van der Waals surface area contributed by atoms with Crippen molar-refractivity contribution >= 4 is 23.2 Å². The maximum Gasteiger partial charge on any atom is 0.273 e. The van der Waals surface area contributed by atoms with E-state index in [0.29, 0.717) is 24.1 Å². The third kappa shape index (κ3) is 4.54. The van der Waals surface area contributed by atoms with E-state index in [9.17, 15) is 4.79 Å². The summed E-state index contributed by atoms with van der Waals surface area (Å²) < 4.78 is 0. The quantitative estimate of drug-likeness (QED) is 0.630. The highest BCUT2D eigenvalue weighted by Gasteiger charge is 2.17. The van der Waals surface area contributed by atoms with Crippen LogP contribution >= 0.6 is 11.3 Å². The molecule has 146 valence electrons. The molecule has 0 atom stereocenters. The largest absolute Gasteiger partial charge is 0.347 e. The van der Waals surface area contributed by atoms with Gasteiger partial charge >= 0.3 is 0 Å². The molecule has 0 saturated carbocycles. The summed E-state index contributed by atoms with van der Waals surface area (Å²) in [7, 11) is 5.53. The fourth-order valence-electron chi connectivity index (χ4n) is 2.71. The Kier molecular flexibility index (Phi) is 6.04. The number of carbonyl (C=O) groups excluding carboxylic acids is 1. The number of benzene rings is 1. The minimum atomic E-state index is -0.119. The van der Waals surface area contributed by atoms with E-state index in [2.05, 4.69) is 53.1 Å². The van der Waals surface area contributed by atoms with Crippen LogP contribution in [0.1, 0.15) is 41.5 Å². The van der Waals surface area contributed by atoms with Gasteiger partial charge in [0, 0.05) is 38.3 Å². The Morgan fingerprint density at radius 3 is 2.43 bits per heavy atom. The lowest BCUT2D eigenvalue weighted by Crippen LogP contribution is -2.27. The van der Waals surface area contributed by atoms with Gasteiger partial charge in [0.25, 0.3) is 5.91 Å². The summed E-state index contributed by atoms with van der Waals surface area (Å²) in [4.78, 5) is 29.5. The van der Waals surface area contributed by atoms with Crippen LogP contribution in [0.5, 0.6) is 0 Å². The lowest BCUT2D eigenvalue weighted by atomic mass is 10.0. The van der Waals surface area contributed by atoms with Gasteiger partial charge in [-0.1, -0.05) is 38.1 Å². The van der Waals surface area contributed by atoms with E-state index in [0.717, 1.165) is 16.3 Å². The molecule has 1 amide bonds. The average Bonchev–Trinajstić information content (AvgIpc) is 3.17. The molecule has 2 heterocycles. The summed E-state index contributed by atoms with van der Waals surface area (Å²) in [5, 5.41) is 2.67. The van der Waals surface area contributed by atoms with Crippen molar-refractivity contribution in [3.8, 4) is 10.6 Å². The molecule has 0 unspecified atom stereocenters. The summed E-state index contributed by atoms with van der Waals surface area (Å²) in [6.45, 7) is 4.74. The van der Waals surface area contributed by atoms with Crippen molar-refractivity contribution in [3.05, 3.63) is 58.9 Å². The number of anilines is 1. The lowest BCUT2D eigenvalue weighted by molar-refractivity contribution is 0.0778. The summed E-state index contributed by atoms with van der Waals surface area (Å²) in [6.07, 6.45) is 1.71. The van der Waals surface area contributed by atoms with Crippen LogP contribution in [0.4, 0.5) is 5.95 Å². The first-order valence-electron chi connectivity index (χ1n) is 9.15. The van der Waals surface area contributed by atoms with Gasteiger partial charge in [0.2, 0.25) is 5.95 Å². The van der Waals surface area contributed by atoms with Crippen LogP contribution in [0.2, 0.25) is 0 Å². The number of thiazole rings is 1. The maximum absolute atomic E-state index is 12.8. The summed E-state index contributed by atoms with van der Waals surface area (Å²) in [6, 6.07) is 10.2. The van der Waals surface area contributed by atoms with E-state index in [1.165, 1.54) is 16.9 Å². The van der Waals surface area contributed by atoms with Gasteiger partial charge in [-0.25, -0.2) is 15.0 Å². The molecule has 0 aliphatic carbocycles. The highest BCUT2D eigenvalue weighted by atomic mass is 32.1. The molecule has 2 aromatic heterocycles. The van der Waals surface area contributed by atoms with E-state index in [-0.39, 0.29) is 5.91 Å². The first kappa shape index (κ1) is 19.9. The van der Waals surface area contributed by atoms with Crippen molar-refractivity contribution in [3.63, 3.8) is 0 Å². The standard InChI is InChI=1S/C21H25N5OS/c1-14(2)15-6-8-16(9-7-15)19-24-18(13-28-19)20(27)26(5)12-17-10-11-22-21(23-17)25(3)4/h6-11,13-14H,12H2,1-5H3. The lowest BCUT2D eigenvalue weighted by Gasteiger charge is -2.17. The molecule has 0 N–H and O–H groups in total. The molecule has 0 spiro atoms. The zero-order chi connectivity index (χ0) is 20.3. The fourth-order valence-corrected chi connectivity index (χ4v) is 3.51. The molecule has 3 aromatic rings. The van der Waals surface area contributed by atoms with Crippen LogP contribution in [0.3, 0.4) is 0 Å². The van der Waals surface area contributed by atoms with E-state index in [1.807, 2.05) is 30.4 Å². The van der Waals surface area contributed by atoms with Gasteiger partial charge in [-0.15, -0.1) is 11.3 Å². The van der Waals surface area contributed by atoms with E-state index < -0.39 is 0 Å². The minimum Gasteiger partial charge on any atom is -0.347 e. The number of hydrogen-bond donors (Lipinski definition) is 0. The van der Waals surface area contributed by atoms with Crippen LogP contribution in [0.25, 0.3) is 10.6 Å². The Bertz CT molecular complexity index is 949. The molecule has 7 heteroatoms. The van der Waals surface area contributed by atoms with Crippen molar-refractivity contribution < 1.29 is 4.79 Å². The Labute approximate surface area is 169 Å². The van der Waals surface area contributed by atoms with Crippen LogP contribution in [0, 0.1) is 0 Å². The summed E-state index contributed by atoms with van der Waals surface area (Å²) in [5.74, 6) is 0.997. The highest BCUT2D eigenvalue weighted by molar-refractivity contribution is 7.13. The molecule has 28 heavy (non-hydrogen) atoms. The normalized spacial score (nSPS) is 10.9. The number of aromatic nitrogens is 3. The summed E-state index contributed by atoms with van der Waals surface area (Å²) >= 11 is 1.48. The number of hydrogen-bond acceptors (Lipinski definition) is 6. The Hall–Kier alpha value is -2.80. The molecule has 6 nitrogen and oxygen atoms in total. The smallest absolute Gasteiger partial charge is 0.273 e. The third-order valence-electron chi connectivity index (χ3n) is 4.39. The van der Waals surface area contributed by atoms with Gasteiger partial charge in [-0.3, -0.25) is 4.79 Å². The summed E-state index contributed by atoms with van der Waals surface area (Å²) in [5.41, 5.74) is 3.56. The third-order valence-corrected chi connectivity index (χ3v) is 5.29. The second-order valence-electron chi connectivity index (χ2n) is 7.22. The van der Waals surface area contributed by atoms with Gasteiger partial charge in [0.1, 0.15) is 10.7 Å². The van der Waals surface area contributed by atoms with Crippen molar-refractivity contribution in [2.45, 2.75) is 26.3 Å². The number of amides is 1. The predicted octanol–water partition coefficient (Wildman–Crippen LogP) is 4.06. The first-order valence-corrected chi connectivity index (χ1v) is 10.0. The second kappa shape index (κ2) is 8.48. The van der Waals surface area contributed by atoms with Crippen LogP contribution < -0.4 is 4.90 Å². The van der Waals surface area contributed by atoms with Crippen LogP contribution in [-0.2, 0) is 6.54 Å². The maximum atomic E-state index is 12.8. The van der Waals surface area contributed by atoms with Crippen LogP contribution in [0.15, 0.2) is 41.9 Å². The Morgan fingerprint density at radius 1 is 1.07 bits per heavy atom. The van der Waals surface area contributed by atoms with Crippen LogP contribution in [-0.4, -0.2) is 46.9 Å². The number of nitrogens with zero attached hydrogens (tertiary/aromatic N) is 5. The topological polar surface area (TPSA) is 62.2 Å². The SMILES string of the molecule is CC(C)c1ccc(-c2nc(C(=O)N(C)Cc3ccnc(N(C)C)n3)cs2)cc1. The molecule has 0 radical (unpaired) electrons. The van der Waals surface area contributed by atoms with Crippen molar-refractivity contribution in [1.82, 2.24) is 19.9 Å². The van der Waals surface area contributed by atoms with E-state index in [1.54, 1.807) is 18.1 Å². The minimum absolute atomic E-state index is 0.119.